The Kier molecular flexibility index (Phi) is 7.87. The number of nitrogens with zero attached hydrogens (tertiary/aromatic N) is 1. The lowest BCUT2D eigenvalue weighted by Gasteiger charge is -2.22. The van der Waals surface area contributed by atoms with Gasteiger partial charge in [0.05, 0.1) is 13.2 Å². The van der Waals surface area contributed by atoms with E-state index in [0.29, 0.717) is 31.7 Å². The SMILES string of the molecule is COCCNCC(=O)N1CC(c2ccccc2C)CC1C.Cl. The molecule has 0 aromatic heterocycles. The zero-order valence-electron chi connectivity index (χ0n) is 13.7. The molecule has 1 aromatic rings. The molecule has 1 saturated heterocycles. The topological polar surface area (TPSA) is 41.6 Å². The fourth-order valence-corrected chi connectivity index (χ4v) is 3.12. The average molecular weight is 327 g/mol. The molecule has 1 N–H and O–H groups in total. The van der Waals surface area contributed by atoms with E-state index >= 15 is 0 Å². The highest BCUT2D eigenvalue weighted by Gasteiger charge is 2.33. The van der Waals surface area contributed by atoms with Crippen LogP contribution in [0.25, 0.3) is 0 Å². The van der Waals surface area contributed by atoms with Crippen LogP contribution in [-0.4, -0.2) is 50.2 Å². The zero-order chi connectivity index (χ0) is 15.2. The lowest BCUT2D eigenvalue weighted by atomic mass is 9.93. The fourth-order valence-electron chi connectivity index (χ4n) is 3.12. The van der Waals surface area contributed by atoms with Crippen molar-refractivity contribution in [3.05, 3.63) is 35.4 Å². The Hall–Kier alpha value is -1.10. The number of ether oxygens (including phenoxy) is 1. The van der Waals surface area contributed by atoms with E-state index in [9.17, 15) is 4.79 Å². The van der Waals surface area contributed by atoms with Crippen LogP contribution in [-0.2, 0) is 9.53 Å². The second-order valence-electron chi connectivity index (χ2n) is 5.85. The zero-order valence-corrected chi connectivity index (χ0v) is 14.5. The van der Waals surface area contributed by atoms with E-state index in [-0.39, 0.29) is 18.3 Å². The Morgan fingerprint density at radius 1 is 1.41 bits per heavy atom. The van der Waals surface area contributed by atoms with E-state index in [4.69, 9.17) is 4.74 Å². The molecular formula is C17H27ClN2O2. The summed E-state index contributed by atoms with van der Waals surface area (Å²) in [5, 5.41) is 3.13. The minimum absolute atomic E-state index is 0. The van der Waals surface area contributed by atoms with Crippen LogP contribution in [0.1, 0.15) is 30.4 Å². The highest BCUT2D eigenvalue weighted by molar-refractivity contribution is 5.85. The van der Waals surface area contributed by atoms with Crippen molar-refractivity contribution in [3.63, 3.8) is 0 Å². The van der Waals surface area contributed by atoms with Gasteiger partial charge in [0.25, 0.3) is 0 Å². The van der Waals surface area contributed by atoms with Crippen molar-refractivity contribution < 1.29 is 9.53 Å². The van der Waals surface area contributed by atoms with Crippen molar-refractivity contribution in [1.29, 1.82) is 0 Å². The van der Waals surface area contributed by atoms with Crippen molar-refractivity contribution >= 4 is 18.3 Å². The number of methoxy groups -OCH3 is 1. The third kappa shape index (κ3) is 4.70. The van der Waals surface area contributed by atoms with Crippen molar-refractivity contribution in [2.24, 2.45) is 0 Å². The molecule has 5 heteroatoms. The van der Waals surface area contributed by atoms with Crippen LogP contribution in [0.2, 0.25) is 0 Å². The van der Waals surface area contributed by atoms with Crippen LogP contribution in [0.5, 0.6) is 0 Å². The molecule has 1 heterocycles. The van der Waals surface area contributed by atoms with E-state index in [2.05, 4.69) is 43.4 Å². The summed E-state index contributed by atoms with van der Waals surface area (Å²) in [6, 6.07) is 8.81. The number of aryl methyl sites for hydroxylation is 1. The number of amides is 1. The summed E-state index contributed by atoms with van der Waals surface area (Å²) in [6.07, 6.45) is 1.05. The Bertz CT molecular complexity index is 481. The summed E-state index contributed by atoms with van der Waals surface area (Å²) in [6.45, 7) is 6.87. The minimum Gasteiger partial charge on any atom is -0.383 e. The number of halogens is 1. The number of hydrogen-bond donors (Lipinski definition) is 1. The van der Waals surface area contributed by atoms with Gasteiger partial charge in [0.15, 0.2) is 0 Å². The Labute approximate surface area is 139 Å². The fraction of sp³-hybridized carbons (Fsp3) is 0.588. The molecule has 1 aromatic carbocycles. The van der Waals surface area contributed by atoms with Crippen molar-refractivity contribution in [2.45, 2.75) is 32.2 Å². The summed E-state index contributed by atoms with van der Waals surface area (Å²) < 4.78 is 4.97. The molecular weight excluding hydrogens is 300 g/mol. The van der Waals surface area contributed by atoms with Crippen LogP contribution in [0.3, 0.4) is 0 Å². The van der Waals surface area contributed by atoms with Gasteiger partial charge < -0.3 is 15.0 Å². The molecule has 0 aliphatic carbocycles. The highest BCUT2D eigenvalue weighted by Crippen LogP contribution is 2.33. The number of hydrogen-bond acceptors (Lipinski definition) is 3. The van der Waals surface area contributed by atoms with Crippen LogP contribution < -0.4 is 5.32 Å². The molecule has 0 spiro atoms. The van der Waals surface area contributed by atoms with Gasteiger partial charge in [-0.3, -0.25) is 4.79 Å². The van der Waals surface area contributed by atoms with E-state index in [0.717, 1.165) is 13.0 Å². The molecule has 0 bridgehead atoms. The highest BCUT2D eigenvalue weighted by atomic mass is 35.5. The molecule has 124 valence electrons. The van der Waals surface area contributed by atoms with Crippen LogP contribution in [0.15, 0.2) is 24.3 Å². The van der Waals surface area contributed by atoms with Crippen LogP contribution in [0.4, 0.5) is 0 Å². The maximum absolute atomic E-state index is 12.3. The van der Waals surface area contributed by atoms with Gasteiger partial charge >= 0.3 is 0 Å². The Morgan fingerprint density at radius 3 is 2.82 bits per heavy atom. The monoisotopic (exact) mass is 326 g/mol. The molecule has 2 rings (SSSR count). The summed E-state index contributed by atoms with van der Waals surface area (Å²) in [7, 11) is 1.67. The normalized spacial score (nSPS) is 20.8. The van der Waals surface area contributed by atoms with Crippen molar-refractivity contribution in [2.75, 3.05) is 33.4 Å². The van der Waals surface area contributed by atoms with Gasteiger partial charge in [-0.1, -0.05) is 24.3 Å². The average Bonchev–Trinajstić information content (AvgIpc) is 2.86. The smallest absolute Gasteiger partial charge is 0.236 e. The van der Waals surface area contributed by atoms with Crippen LogP contribution in [0, 0.1) is 6.92 Å². The first-order chi connectivity index (χ1) is 10.1. The van der Waals surface area contributed by atoms with E-state index < -0.39 is 0 Å². The molecule has 22 heavy (non-hydrogen) atoms. The Balaban J connectivity index is 0.00000242. The number of carbonyl (C=O) groups excluding carboxylic acids is 1. The van der Waals surface area contributed by atoms with E-state index in [1.54, 1.807) is 7.11 Å². The lowest BCUT2D eigenvalue weighted by Crippen LogP contribution is -2.40. The molecule has 0 radical (unpaired) electrons. The molecule has 1 aliphatic rings. The maximum atomic E-state index is 12.3. The quantitative estimate of drug-likeness (QED) is 0.816. The van der Waals surface area contributed by atoms with Gasteiger partial charge in [-0.05, 0) is 31.4 Å². The molecule has 1 amide bonds. The number of rotatable bonds is 6. The number of likely N-dealkylation sites (tertiary alicyclic amines) is 1. The summed E-state index contributed by atoms with van der Waals surface area (Å²) >= 11 is 0. The van der Waals surface area contributed by atoms with Gasteiger partial charge in [-0.2, -0.15) is 0 Å². The first-order valence-corrected chi connectivity index (χ1v) is 7.68. The Morgan fingerprint density at radius 2 is 2.14 bits per heavy atom. The summed E-state index contributed by atoms with van der Waals surface area (Å²) in [5.41, 5.74) is 2.70. The number of benzene rings is 1. The molecule has 0 saturated carbocycles. The van der Waals surface area contributed by atoms with Gasteiger partial charge in [-0.15, -0.1) is 12.4 Å². The second-order valence-corrected chi connectivity index (χ2v) is 5.85. The molecule has 2 atom stereocenters. The van der Waals surface area contributed by atoms with Gasteiger partial charge in [0, 0.05) is 32.2 Å². The molecule has 2 unspecified atom stereocenters. The third-order valence-electron chi connectivity index (χ3n) is 4.28. The number of nitrogens with one attached hydrogen (secondary N) is 1. The largest absolute Gasteiger partial charge is 0.383 e. The first kappa shape index (κ1) is 18.9. The minimum atomic E-state index is 0. The predicted molar refractivity (Wildman–Crippen MR) is 91.7 cm³/mol. The number of carbonyl (C=O) groups is 1. The van der Waals surface area contributed by atoms with Gasteiger partial charge in [-0.25, -0.2) is 0 Å². The van der Waals surface area contributed by atoms with E-state index in [1.807, 2.05) is 4.90 Å². The second kappa shape index (κ2) is 9.13. The van der Waals surface area contributed by atoms with Crippen molar-refractivity contribution in [1.82, 2.24) is 10.2 Å². The molecule has 1 fully saturated rings. The van der Waals surface area contributed by atoms with Crippen LogP contribution >= 0.6 is 12.4 Å². The van der Waals surface area contributed by atoms with E-state index in [1.165, 1.54) is 11.1 Å². The van der Waals surface area contributed by atoms with Gasteiger partial charge in [0.2, 0.25) is 5.91 Å². The van der Waals surface area contributed by atoms with Crippen molar-refractivity contribution in [3.8, 4) is 0 Å². The molecule has 4 nitrogen and oxygen atoms in total. The van der Waals surface area contributed by atoms with Gasteiger partial charge in [0.1, 0.15) is 0 Å². The third-order valence-corrected chi connectivity index (χ3v) is 4.28. The first-order valence-electron chi connectivity index (χ1n) is 7.68. The lowest BCUT2D eigenvalue weighted by molar-refractivity contribution is -0.130. The summed E-state index contributed by atoms with van der Waals surface area (Å²) in [4.78, 5) is 14.3. The standard InChI is InChI=1S/C17H26N2O2.ClH/c1-13-6-4-5-7-16(13)15-10-14(2)19(12-15)17(20)11-18-8-9-21-3;/h4-7,14-15,18H,8-12H2,1-3H3;1H. The summed E-state index contributed by atoms with van der Waals surface area (Å²) in [5.74, 6) is 0.652. The molecule has 1 aliphatic heterocycles. The maximum Gasteiger partial charge on any atom is 0.236 e. The predicted octanol–water partition coefficient (Wildman–Crippen LogP) is 2.36.